The maximum atomic E-state index is 12.3. The maximum Gasteiger partial charge on any atom is 0.179 e. The molecule has 0 N–H and O–H groups in total. The molecule has 1 unspecified atom stereocenters. The molecule has 1 rings (SSSR count). The van der Waals surface area contributed by atoms with Crippen LogP contribution in [-0.2, 0) is 9.84 Å². The number of nitrogens with zero attached hydrogens (tertiary/aromatic N) is 2. The molecule has 0 bridgehead atoms. The van der Waals surface area contributed by atoms with Gasteiger partial charge in [-0.1, -0.05) is 18.2 Å². The van der Waals surface area contributed by atoms with Crippen molar-refractivity contribution in [3.05, 3.63) is 30.3 Å². The van der Waals surface area contributed by atoms with E-state index in [9.17, 15) is 8.42 Å². The Labute approximate surface area is 110 Å². The highest BCUT2D eigenvalue weighted by Gasteiger charge is 2.23. The number of sulfone groups is 1. The lowest BCUT2D eigenvalue weighted by Gasteiger charge is -2.27. The summed E-state index contributed by atoms with van der Waals surface area (Å²) < 4.78 is 24.6. The molecule has 0 aromatic heterocycles. The van der Waals surface area contributed by atoms with E-state index >= 15 is 0 Å². The van der Waals surface area contributed by atoms with E-state index in [-0.39, 0.29) is 11.8 Å². The molecular weight excluding hydrogens is 248 g/mol. The molecule has 0 saturated carbocycles. The van der Waals surface area contributed by atoms with Crippen LogP contribution >= 0.6 is 0 Å². The zero-order valence-electron chi connectivity index (χ0n) is 11.5. The smallest absolute Gasteiger partial charge is 0.179 e. The Morgan fingerprint density at radius 2 is 1.61 bits per heavy atom. The minimum absolute atomic E-state index is 0.00907. The van der Waals surface area contributed by atoms with E-state index in [4.69, 9.17) is 0 Å². The van der Waals surface area contributed by atoms with E-state index < -0.39 is 9.84 Å². The largest absolute Gasteiger partial charge is 0.308 e. The highest BCUT2D eigenvalue weighted by molar-refractivity contribution is 7.91. The second-order valence-electron chi connectivity index (χ2n) is 4.97. The van der Waals surface area contributed by atoms with Crippen molar-refractivity contribution < 1.29 is 8.42 Å². The summed E-state index contributed by atoms with van der Waals surface area (Å²) in [7, 11) is 4.50. The van der Waals surface area contributed by atoms with Gasteiger partial charge in [0.15, 0.2) is 9.84 Å². The maximum absolute atomic E-state index is 12.3. The van der Waals surface area contributed by atoms with Crippen LogP contribution in [-0.4, -0.2) is 64.7 Å². The van der Waals surface area contributed by atoms with Crippen LogP contribution in [0.15, 0.2) is 35.2 Å². The average Bonchev–Trinajstić information content (AvgIpc) is 2.28. The standard InChI is InChI=1S/C13H22N2O2S/c1-14(2)10-12(15(3)4)11-18(16,17)13-8-6-5-7-9-13/h5-9,12H,10-11H2,1-4H3. The molecule has 18 heavy (non-hydrogen) atoms. The lowest BCUT2D eigenvalue weighted by atomic mass is 10.3. The lowest BCUT2D eigenvalue weighted by molar-refractivity contribution is 0.245. The molecule has 0 heterocycles. The van der Waals surface area contributed by atoms with Crippen molar-refractivity contribution in [2.24, 2.45) is 0 Å². The van der Waals surface area contributed by atoms with Gasteiger partial charge in [-0.25, -0.2) is 8.42 Å². The Kier molecular flexibility index (Phi) is 5.31. The van der Waals surface area contributed by atoms with Gasteiger partial charge in [0, 0.05) is 12.6 Å². The van der Waals surface area contributed by atoms with E-state index in [1.165, 1.54) is 0 Å². The van der Waals surface area contributed by atoms with Crippen LogP contribution in [0.1, 0.15) is 0 Å². The summed E-state index contributed by atoms with van der Waals surface area (Å²) in [5, 5.41) is 0. The van der Waals surface area contributed by atoms with Crippen LogP contribution in [0.4, 0.5) is 0 Å². The summed E-state index contributed by atoms with van der Waals surface area (Å²) in [6.45, 7) is 0.721. The molecule has 0 amide bonds. The van der Waals surface area contributed by atoms with Gasteiger partial charge in [-0.3, -0.25) is 0 Å². The molecule has 4 nitrogen and oxygen atoms in total. The third kappa shape index (κ3) is 4.40. The second kappa shape index (κ2) is 6.31. The number of likely N-dealkylation sites (N-methyl/N-ethyl adjacent to an activating group) is 2. The molecule has 0 aliphatic rings. The third-order valence-electron chi connectivity index (χ3n) is 2.82. The van der Waals surface area contributed by atoms with Crippen LogP contribution < -0.4 is 0 Å². The highest BCUT2D eigenvalue weighted by atomic mass is 32.2. The number of hydrogen-bond donors (Lipinski definition) is 0. The predicted molar refractivity (Wildman–Crippen MR) is 74.5 cm³/mol. The van der Waals surface area contributed by atoms with Crippen molar-refractivity contribution in [1.82, 2.24) is 9.80 Å². The van der Waals surface area contributed by atoms with Crippen molar-refractivity contribution in [1.29, 1.82) is 0 Å². The van der Waals surface area contributed by atoms with E-state index in [1.807, 2.05) is 44.1 Å². The first-order valence-corrected chi connectivity index (χ1v) is 7.57. The summed E-state index contributed by atoms with van der Waals surface area (Å²) in [4.78, 5) is 4.36. The molecule has 0 aliphatic carbocycles. The van der Waals surface area contributed by atoms with E-state index in [1.54, 1.807) is 24.3 Å². The van der Waals surface area contributed by atoms with Gasteiger partial charge in [0.05, 0.1) is 10.6 Å². The molecule has 1 atom stereocenters. The van der Waals surface area contributed by atoms with Gasteiger partial charge in [-0.2, -0.15) is 0 Å². The second-order valence-corrected chi connectivity index (χ2v) is 7.01. The van der Waals surface area contributed by atoms with Gasteiger partial charge in [-0.15, -0.1) is 0 Å². The fourth-order valence-corrected chi connectivity index (χ4v) is 3.44. The summed E-state index contributed by atoms with van der Waals surface area (Å²) in [6, 6.07) is 8.62. The minimum atomic E-state index is -3.22. The molecule has 0 radical (unpaired) electrons. The van der Waals surface area contributed by atoms with Crippen molar-refractivity contribution >= 4 is 9.84 Å². The topological polar surface area (TPSA) is 40.6 Å². The quantitative estimate of drug-likeness (QED) is 0.772. The Bertz CT molecular complexity index is 455. The van der Waals surface area contributed by atoms with Crippen LogP contribution in [0.2, 0.25) is 0 Å². The van der Waals surface area contributed by atoms with Crippen molar-refractivity contribution in [2.75, 3.05) is 40.5 Å². The van der Waals surface area contributed by atoms with Crippen LogP contribution in [0.25, 0.3) is 0 Å². The minimum Gasteiger partial charge on any atom is -0.308 e. The van der Waals surface area contributed by atoms with Crippen LogP contribution in [0.5, 0.6) is 0 Å². The van der Waals surface area contributed by atoms with E-state index in [0.29, 0.717) is 4.90 Å². The first kappa shape index (κ1) is 15.1. The first-order valence-electron chi connectivity index (χ1n) is 5.92. The van der Waals surface area contributed by atoms with Gasteiger partial charge in [0.25, 0.3) is 0 Å². The normalized spacial score (nSPS) is 14.1. The predicted octanol–water partition coefficient (Wildman–Crippen LogP) is 0.952. The van der Waals surface area contributed by atoms with Gasteiger partial charge >= 0.3 is 0 Å². The molecular formula is C13H22N2O2S. The fraction of sp³-hybridized carbons (Fsp3) is 0.538. The summed E-state index contributed by atoms with van der Waals surface area (Å²) >= 11 is 0. The Morgan fingerprint density at radius 3 is 2.06 bits per heavy atom. The zero-order chi connectivity index (χ0) is 13.8. The number of rotatable bonds is 6. The number of benzene rings is 1. The Balaban J connectivity index is 2.87. The SMILES string of the molecule is CN(C)CC(CS(=O)(=O)c1ccccc1)N(C)C. The van der Waals surface area contributed by atoms with Gasteiger partial charge < -0.3 is 9.80 Å². The molecule has 1 aromatic rings. The van der Waals surface area contributed by atoms with Gasteiger partial charge in [-0.05, 0) is 40.3 Å². The Hall–Kier alpha value is -0.910. The number of hydrogen-bond acceptors (Lipinski definition) is 4. The summed E-state index contributed by atoms with van der Waals surface area (Å²) in [5.41, 5.74) is 0. The molecule has 5 heteroatoms. The lowest BCUT2D eigenvalue weighted by Crippen LogP contribution is -2.42. The van der Waals surface area contributed by atoms with Crippen LogP contribution in [0.3, 0.4) is 0 Å². The summed E-state index contributed by atoms with van der Waals surface area (Å²) in [6.07, 6.45) is 0. The van der Waals surface area contributed by atoms with Crippen molar-refractivity contribution in [2.45, 2.75) is 10.9 Å². The molecule has 0 aliphatic heterocycles. The monoisotopic (exact) mass is 270 g/mol. The Morgan fingerprint density at radius 1 is 1.06 bits per heavy atom. The summed E-state index contributed by atoms with van der Waals surface area (Å²) in [5.74, 6) is 0.141. The molecule has 0 spiro atoms. The van der Waals surface area contributed by atoms with E-state index in [0.717, 1.165) is 6.54 Å². The van der Waals surface area contributed by atoms with Gasteiger partial charge in [0.2, 0.25) is 0 Å². The molecule has 0 saturated heterocycles. The molecule has 102 valence electrons. The van der Waals surface area contributed by atoms with Crippen LogP contribution in [0, 0.1) is 0 Å². The third-order valence-corrected chi connectivity index (χ3v) is 4.63. The average molecular weight is 270 g/mol. The van der Waals surface area contributed by atoms with Crippen molar-refractivity contribution in [3.63, 3.8) is 0 Å². The zero-order valence-corrected chi connectivity index (χ0v) is 12.3. The first-order chi connectivity index (χ1) is 8.33. The van der Waals surface area contributed by atoms with Gasteiger partial charge in [0.1, 0.15) is 0 Å². The highest BCUT2D eigenvalue weighted by Crippen LogP contribution is 2.13. The molecule has 0 fully saturated rings. The fourth-order valence-electron chi connectivity index (χ4n) is 1.76. The van der Waals surface area contributed by atoms with Crippen molar-refractivity contribution in [3.8, 4) is 0 Å². The van der Waals surface area contributed by atoms with E-state index in [2.05, 4.69) is 0 Å². The molecule has 1 aromatic carbocycles.